The average Bonchev–Trinajstić information content (AvgIpc) is 2.61. The van der Waals surface area contributed by atoms with E-state index in [2.05, 4.69) is 23.2 Å². The lowest BCUT2D eigenvalue weighted by atomic mass is 10.1. The highest BCUT2D eigenvalue weighted by molar-refractivity contribution is 5.67. The molecule has 2 aromatic carbocycles. The lowest BCUT2D eigenvalue weighted by molar-refractivity contribution is 0.140. The predicted molar refractivity (Wildman–Crippen MR) is 92.0 cm³/mol. The van der Waals surface area contributed by atoms with E-state index in [9.17, 15) is 4.79 Å². The molecule has 120 valence electrons. The number of benzene rings is 2. The van der Waals surface area contributed by atoms with Crippen molar-refractivity contribution in [3.63, 3.8) is 0 Å². The van der Waals surface area contributed by atoms with Gasteiger partial charge in [-0.3, -0.25) is 0 Å². The Bertz CT molecular complexity index is 796. The highest BCUT2D eigenvalue weighted by atomic mass is 16.5. The largest absolute Gasteiger partial charge is 0.445 e. The molecule has 0 unspecified atom stereocenters. The number of nitriles is 1. The third-order valence-electron chi connectivity index (χ3n) is 3.25. The number of nitrogens with zero attached hydrogens (tertiary/aromatic N) is 1. The van der Waals surface area contributed by atoms with Crippen molar-refractivity contribution in [2.75, 3.05) is 6.54 Å². The molecule has 0 heterocycles. The molecule has 0 saturated heterocycles. The molecule has 2 rings (SSSR count). The van der Waals surface area contributed by atoms with Crippen LogP contribution in [0.1, 0.15) is 28.7 Å². The zero-order chi connectivity index (χ0) is 17.2. The Hall–Kier alpha value is -3.24. The van der Waals surface area contributed by atoms with Crippen molar-refractivity contribution >= 4 is 6.09 Å². The summed E-state index contributed by atoms with van der Waals surface area (Å²) in [5.74, 6) is 5.91. The van der Waals surface area contributed by atoms with Crippen LogP contribution >= 0.6 is 0 Å². The second-order valence-corrected chi connectivity index (χ2v) is 5.20. The molecule has 0 atom stereocenters. The predicted octanol–water partition coefficient (Wildman–Crippen LogP) is 3.53. The van der Waals surface area contributed by atoms with E-state index in [1.165, 1.54) is 0 Å². The smallest absolute Gasteiger partial charge is 0.407 e. The summed E-state index contributed by atoms with van der Waals surface area (Å²) in [4.78, 5) is 11.6. The summed E-state index contributed by atoms with van der Waals surface area (Å²) < 4.78 is 5.10. The molecule has 1 amide bonds. The van der Waals surface area contributed by atoms with Gasteiger partial charge in [-0.05, 0) is 30.2 Å². The molecular formula is C20H18N2O2. The Labute approximate surface area is 142 Å². The number of alkyl carbamates (subject to hydrolysis) is 1. The van der Waals surface area contributed by atoms with Crippen LogP contribution in [-0.4, -0.2) is 12.6 Å². The quantitative estimate of drug-likeness (QED) is 0.693. The third-order valence-corrected chi connectivity index (χ3v) is 3.25. The number of hydrogen-bond acceptors (Lipinski definition) is 3. The average molecular weight is 318 g/mol. The minimum Gasteiger partial charge on any atom is -0.445 e. The van der Waals surface area contributed by atoms with Crippen LogP contribution in [0, 0.1) is 30.1 Å². The summed E-state index contributed by atoms with van der Waals surface area (Å²) >= 11 is 0. The Kier molecular flexibility index (Phi) is 6.44. The van der Waals surface area contributed by atoms with E-state index in [0.717, 1.165) is 11.1 Å². The van der Waals surface area contributed by atoms with E-state index in [-0.39, 0.29) is 6.61 Å². The molecule has 0 bridgehead atoms. The lowest BCUT2D eigenvalue weighted by Gasteiger charge is -2.05. The van der Waals surface area contributed by atoms with Gasteiger partial charge in [0.05, 0.1) is 5.56 Å². The molecule has 4 nitrogen and oxygen atoms in total. The number of amides is 1. The first-order valence-electron chi connectivity index (χ1n) is 7.63. The summed E-state index contributed by atoms with van der Waals surface area (Å²) in [6, 6.07) is 17.2. The van der Waals surface area contributed by atoms with E-state index < -0.39 is 6.09 Å². The zero-order valence-corrected chi connectivity index (χ0v) is 13.5. The molecular weight excluding hydrogens is 300 g/mol. The van der Waals surface area contributed by atoms with Gasteiger partial charge in [-0.15, -0.1) is 0 Å². The van der Waals surface area contributed by atoms with Crippen molar-refractivity contribution in [3.8, 4) is 17.9 Å². The molecule has 1 N–H and O–H groups in total. The maximum atomic E-state index is 11.6. The Morgan fingerprint density at radius 1 is 1.17 bits per heavy atom. The normalized spacial score (nSPS) is 9.33. The summed E-state index contributed by atoms with van der Waals surface area (Å²) in [6.07, 6.45) is 0.0211. The van der Waals surface area contributed by atoms with Gasteiger partial charge in [0.15, 0.2) is 0 Å². The molecule has 0 saturated carbocycles. The van der Waals surface area contributed by atoms with Crippen molar-refractivity contribution in [1.29, 1.82) is 5.26 Å². The minimum absolute atomic E-state index is 0.243. The standard InChI is InChI=1S/C20H18N2O2/c1-16-10-11-18(19(13-16)14-21)9-5-6-12-22-20(23)24-15-17-7-3-2-4-8-17/h2-4,7-8,10-11,13H,6,12,15H2,1H3,(H,22,23). The zero-order valence-electron chi connectivity index (χ0n) is 13.5. The summed E-state index contributed by atoms with van der Waals surface area (Å²) in [6.45, 7) is 2.57. The first-order chi connectivity index (χ1) is 11.7. The van der Waals surface area contributed by atoms with Gasteiger partial charge in [0, 0.05) is 18.5 Å². The SMILES string of the molecule is Cc1ccc(C#CCCNC(=O)OCc2ccccc2)c(C#N)c1. The van der Waals surface area contributed by atoms with E-state index in [0.29, 0.717) is 24.1 Å². The number of rotatable bonds is 4. The molecule has 4 heteroatoms. The molecule has 2 aromatic rings. The van der Waals surface area contributed by atoms with Crippen molar-refractivity contribution < 1.29 is 9.53 Å². The second-order valence-electron chi connectivity index (χ2n) is 5.20. The first-order valence-corrected chi connectivity index (χ1v) is 7.63. The molecule has 0 aromatic heterocycles. The van der Waals surface area contributed by atoms with Gasteiger partial charge < -0.3 is 10.1 Å². The highest BCUT2D eigenvalue weighted by Gasteiger charge is 2.01. The number of hydrogen-bond donors (Lipinski definition) is 1. The Balaban J connectivity index is 1.74. The van der Waals surface area contributed by atoms with Crippen LogP contribution in [0.25, 0.3) is 0 Å². The maximum Gasteiger partial charge on any atom is 0.407 e. The van der Waals surface area contributed by atoms with E-state index in [1.807, 2.05) is 55.5 Å². The Morgan fingerprint density at radius 2 is 1.96 bits per heavy atom. The number of carbonyl (C=O) groups excluding carboxylic acids is 1. The number of aryl methyl sites for hydroxylation is 1. The second kappa shape index (κ2) is 9.02. The van der Waals surface area contributed by atoms with Crippen LogP contribution in [0.5, 0.6) is 0 Å². The van der Waals surface area contributed by atoms with Crippen molar-refractivity contribution in [1.82, 2.24) is 5.32 Å². The fourth-order valence-electron chi connectivity index (χ4n) is 2.02. The molecule has 0 aliphatic heterocycles. The van der Waals surface area contributed by atoms with Crippen molar-refractivity contribution in [2.24, 2.45) is 0 Å². The molecule has 0 aliphatic carbocycles. The fourth-order valence-corrected chi connectivity index (χ4v) is 2.02. The van der Waals surface area contributed by atoms with Gasteiger partial charge in [0.25, 0.3) is 0 Å². The van der Waals surface area contributed by atoms with Crippen molar-refractivity contribution in [3.05, 3.63) is 70.8 Å². The summed E-state index contributed by atoms with van der Waals surface area (Å²) in [5.41, 5.74) is 3.24. The van der Waals surface area contributed by atoms with E-state index >= 15 is 0 Å². The molecule has 0 fully saturated rings. The number of carbonyl (C=O) groups is 1. The van der Waals surface area contributed by atoms with Crippen molar-refractivity contribution in [2.45, 2.75) is 20.0 Å². The summed E-state index contributed by atoms with van der Waals surface area (Å²) in [7, 11) is 0. The van der Waals surface area contributed by atoms with E-state index in [4.69, 9.17) is 10.00 Å². The van der Waals surface area contributed by atoms with Crippen LogP contribution < -0.4 is 5.32 Å². The molecule has 0 spiro atoms. The van der Waals surface area contributed by atoms with Crippen LogP contribution in [0.3, 0.4) is 0 Å². The topological polar surface area (TPSA) is 62.1 Å². The van der Waals surface area contributed by atoms with Gasteiger partial charge in [0.2, 0.25) is 0 Å². The molecule has 0 radical (unpaired) electrons. The van der Waals surface area contributed by atoms with Crippen LogP contribution in [0.4, 0.5) is 4.79 Å². The minimum atomic E-state index is -0.464. The molecule has 24 heavy (non-hydrogen) atoms. The van der Waals surface area contributed by atoms with Crippen LogP contribution in [0.2, 0.25) is 0 Å². The van der Waals surface area contributed by atoms with Crippen LogP contribution in [-0.2, 0) is 11.3 Å². The van der Waals surface area contributed by atoms with Gasteiger partial charge in [-0.1, -0.05) is 48.2 Å². The third kappa shape index (κ3) is 5.51. The number of ether oxygens (including phenoxy) is 1. The molecule has 0 aliphatic rings. The summed E-state index contributed by atoms with van der Waals surface area (Å²) in [5, 5.41) is 11.7. The van der Waals surface area contributed by atoms with Crippen LogP contribution in [0.15, 0.2) is 48.5 Å². The first kappa shape index (κ1) is 17.1. The van der Waals surface area contributed by atoms with Gasteiger partial charge in [-0.2, -0.15) is 5.26 Å². The highest BCUT2D eigenvalue weighted by Crippen LogP contribution is 2.09. The monoisotopic (exact) mass is 318 g/mol. The Morgan fingerprint density at radius 3 is 2.71 bits per heavy atom. The maximum absolute atomic E-state index is 11.6. The fraction of sp³-hybridized carbons (Fsp3) is 0.200. The van der Waals surface area contributed by atoms with E-state index in [1.54, 1.807) is 0 Å². The lowest BCUT2D eigenvalue weighted by Crippen LogP contribution is -2.24. The van der Waals surface area contributed by atoms with Gasteiger partial charge >= 0.3 is 6.09 Å². The number of nitrogens with one attached hydrogen (secondary N) is 1. The van der Waals surface area contributed by atoms with Gasteiger partial charge in [-0.25, -0.2) is 4.79 Å². The van der Waals surface area contributed by atoms with Gasteiger partial charge in [0.1, 0.15) is 12.7 Å².